The topological polar surface area (TPSA) is 105 Å². The minimum atomic E-state index is -0.322. The number of likely N-dealkylation sites (tertiary alicyclic amines) is 1. The Hall–Kier alpha value is -4.14. The summed E-state index contributed by atoms with van der Waals surface area (Å²) in [6.45, 7) is 8.95. The minimum Gasteiger partial charge on any atom is -0.348 e. The van der Waals surface area contributed by atoms with Crippen LogP contribution in [0.25, 0.3) is 17.0 Å². The van der Waals surface area contributed by atoms with Crippen molar-refractivity contribution in [3.8, 4) is 0 Å². The van der Waals surface area contributed by atoms with Crippen molar-refractivity contribution in [1.29, 1.82) is 0 Å². The van der Waals surface area contributed by atoms with Gasteiger partial charge in [-0.2, -0.15) is 0 Å². The van der Waals surface area contributed by atoms with Crippen molar-refractivity contribution in [3.05, 3.63) is 81.0 Å². The van der Waals surface area contributed by atoms with E-state index in [1.54, 1.807) is 45.9 Å². The molecule has 2 heterocycles. The second-order valence-corrected chi connectivity index (χ2v) is 10.9. The van der Waals surface area contributed by atoms with Crippen molar-refractivity contribution < 1.29 is 9.59 Å². The van der Waals surface area contributed by atoms with Crippen molar-refractivity contribution >= 4 is 34.6 Å². The van der Waals surface area contributed by atoms with Gasteiger partial charge in [-0.15, -0.1) is 0 Å². The Morgan fingerprint density at radius 2 is 1.82 bits per heavy atom. The summed E-state index contributed by atoms with van der Waals surface area (Å²) in [6, 6.07) is 11.7. The Labute approximate surface area is 227 Å². The highest BCUT2D eigenvalue weighted by atomic mass is 16.2. The third-order valence-corrected chi connectivity index (χ3v) is 7.53. The predicted molar refractivity (Wildman–Crippen MR) is 153 cm³/mol. The third-order valence-electron chi connectivity index (χ3n) is 7.53. The van der Waals surface area contributed by atoms with Crippen LogP contribution in [0.15, 0.2) is 58.6 Å². The number of urea groups is 1. The Bertz CT molecular complexity index is 1530. The van der Waals surface area contributed by atoms with Crippen molar-refractivity contribution in [2.45, 2.75) is 58.2 Å². The molecule has 39 heavy (non-hydrogen) atoms. The summed E-state index contributed by atoms with van der Waals surface area (Å²) < 4.78 is 2.99. The van der Waals surface area contributed by atoms with Crippen LogP contribution in [-0.2, 0) is 6.54 Å². The molecular weight excluding hydrogens is 494 g/mol. The summed E-state index contributed by atoms with van der Waals surface area (Å²) in [4.78, 5) is 54.0. The normalized spacial score (nSPS) is 17.3. The molecule has 1 aliphatic heterocycles. The molecule has 2 aromatic carbocycles. The largest absolute Gasteiger partial charge is 0.348 e. The second-order valence-electron chi connectivity index (χ2n) is 10.9. The van der Waals surface area contributed by atoms with Gasteiger partial charge in [-0.1, -0.05) is 24.8 Å². The lowest BCUT2D eigenvalue weighted by Crippen LogP contribution is -2.50. The number of nitrogens with zero attached hydrogens (tertiary/aromatic N) is 3. The lowest BCUT2D eigenvalue weighted by Gasteiger charge is -2.33. The van der Waals surface area contributed by atoms with E-state index in [1.165, 1.54) is 4.57 Å². The van der Waals surface area contributed by atoms with E-state index in [0.29, 0.717) is 47.7 Å². The average molecular weight is 530 g/mol. The lowest BCUT2D eigenvalue weighted by atomic mass is 10.0. The van der Waals surface area contributed by atoms with Gasteiger partial charge in [0.25, 0.3) is 11.5 Å². The predicted octanol–water partition coefficient (Wildman–Crippen LogP) is 4.22. The summed E-state index contributed by atoms with van der Waals surface area (Å²) in [5, 5.41) is 6.36. The van der Waals surface area contributed by atoms with E-state index in [4.69, 9.17) is 0 Å². The van der Waals surface area contributed by atoms with E-state index in [1.807, 2.05) is 26.0 Å². The van der Waals surface area contributed by atoms with Gasteiger partial charge in [0, 0.05) is 43.0 Å². The van der Waals surface area contributed by atoms with E-state index in [-0.39, 0.29) is 35.3 Å². The van der Waals surface area contributed by atoms with Gasteiger partial charge < -0.3 is 15.5 Å². The molecule has 1 atom stereocenters. The number of fused-ring (bicyclic) bond motifs is 1. The molecule has 204 valence electrons. The molecule has 0 spiro atoms. The molecule has 2 fully saturated rings. The monoisotopic (exact) mass is 529 g/mol. The summed E-state index contributed by atoms with van der Waals surface area (Å²) in [5.41, 5.74) is 1.94. The standard InChI is InChI=1S/C30H35N5O4/c1-4-20-9-11-22(12-10-20)27(36)31-24-6-5-15-33(18-24)29(38)32-23-13-14-26-25(16-23)28(37)34(17-21-7-8-21)30(39)35(26)19(2)3/h4,9-14,16,19,21,24H,1,5-8,15,17-18H2,2-3H3,(H,31,36)(H,32,38). The van der Waals surface area contributed by atoms with E-state index < -0.39 is 0 Å². The fraction of sp³-hybridized carbons (Fsp3) is 0.400. The molecule has 0 radical (unpaired) electrons. The molecule has 2 aliphatic rings. The third kappa shape index (κ3) is 5.67. The van der Waals surface area contributed by atoms with Crippen LogP contribution in [0.4, 0.5) is 10.5 Å². The number of benzene rings is 2. The lowest BCUT2D eigenvalue weighted by molar-refractivity contribution is 0.0913. The number of nitrogens with one attached hydrogen (secondary N) is 2. The molecule has 0 bridgehead atoms. The zero-order valence-electron chi connectivity index (χ0n) is 22.5. The van der Waals surface area contributed by atoms with Gasteiger partial charge in [0.2, 0.25) is 0 Å². The SMILES string of the molecule is C=Cc1ccc(C(=O)NC2CCCN(C(=O)Nc3ccc4c(c3)c(=O)n(CC3CC3)c(=O)n4C(C)C)C2)cc1. The van der Waals surface area contributed by atoms with Gasteiger partial charge in [0.15, 0.2) is 0 Å². The first-order chi connectivity index (χ1) is 18.7. The molecule has 1 aromatic heterocycles. The van der Waals surface area contributed by atoms with Gasteiger partial charge in [-0.3, -0.25) is 18.7 Å². The van der Waals surface area contributed by atoms with Crippen LogP contribution < -0.4 is 21.9 Å². The molecule has 9 heteroatoms. The zero-order valence-corrected chi connectivity index (χ0v) is 22.5. The van der Waals surface area contributed by atoms with E-state index >= 15 is 0 Å². The highest BCUT2D eigenvalue weighted by Crippen LogP contribution is 2.30. The fourth-order valence-electron chi connectivity index (χ4n) is 5.20. The first-order valence-corrected chi connectivity index (χ1v) is 13.6. The van der Waals surface area contributed by atoms with Crippen molar-refractivity contribution in [3.63, 3.8) is 0 Å². The molecular formula is C30H35N5O4. The number of rotatable bonds is 7. The molecule has 5 rings (SSSR count). The Morgan fingerprint density at radius 3 is 2.49 bits per heavy atom. The first kappa shape index (κ1) is 26.5. The van der Waals surface area contributed by atoms with Crippen molar-refractivity contribution in [1.82, 2.24) is 19.4 Å². The van der Waals surface area contributed by atoms with Crippen LogP contribution in [0.2, 0.25) is 0 Å². The van der Waals surface area contributed by atoms with Crippen molar-refractivity contribution in [2.24, 2.45) is 5.92 Å². The quantitative estimate of drug-likeness (QED) is 0.478. The number of amides is 3. The summed E-state index contributed by atoms with van der Waals surface area (Å²) in [7, 11) is 0. The first-order valence-electron chi connectivity index (χ1n) is 13.6. The van der Waals surface area contributed by atoms with Crippen LogP contribution in [0, 0.1) is 5.92 Å². The Morgan fingerprint density at radius 1 is 1.08 bits per heavy atom. The maximum Gasteiger partial charge on any atom is 0.331 e. The number of carbonyl (C=O) groups is 2. The van der Waals surface area contributed by atoms with Crippen molar-refractivity contribution in [2.75, 3.05) is 18.4 Å². The number of hydrogen-bond donors (Lipinski definition) is 2. The molecule has 3 amide bonds. The van der Waals surface area contributed by atoms with Crippen LogP contribution >= 0.6 is 0 Å². The maximum atomic E-state index is 13.3. The number of anilines is 1. The summed E-state index contributed by atoms with van der Waals surface area (Å²) >= 11 is 0. The summed E-state index contributed by atoms with van der Waals surface area (Å²) in [5.74, 6) is 0.196. The van der Waals surface area contributed by atoms with Crippen LogP contribution in [-0.4, -0.2) is 45.1 Å². The molecule has 1 saturated heterocycles. The molecule has 2 N–H and O–H groups in total. The average Bonchev–Trinajstić information content (AvgIpc) is 3.76. The van der Waals surface area contributed by atoms with E-state index in [0.717, 1.165) is 31.2 Å². The number of aromatic nitrogens is 2. The maximum absolute atomic E-state index is 13.3. The minimum absolute atomic E-state index is 0.119. The second kappa shape index (κ2) is 10.9. The number of carbonyl (C=O) groups excluding carboxylic acids is 2. The molecule has 1 aliphatic carbocycles. The van der Waals surface area contributed by atoms with Gasteiger partial charge in [0.1, 0.15) is 0 Å². The Kier molecular flexibility index (Phi) is 7.41. The highest BCUT2D eigenvalue weighted by Gasteiger charge is 2.27. The van der Waals surface area contributed by atoms with Crippen LogP contribution in [0.5, 0.6) is 0 Å². The molecule has 9 nitrogen and oxygen atoms in total. The molecule has 1 saturated carbocycles. The number of piperidine rings is 1. The van der Waals surface area contributed by atoms with E-state index in [9.17, 15) is 19.2 Å². The Balaban J connectivity index is 1.31. The van der Waals surface area contributed by atoms with Crippen LogP contribution in [0.1, 0.15) is 61.5 Å². The molecule has 3 aromatic rings. The smallest absolute Gasteiger partial charge is 0.331 e. The fourth-order valence-corrected chi connectivity index (χ4v) is 5.20. The van der Waals surface area contributed by atoms with E-state index in [2.05, 4.69) is 17.2 Å². The van der Waals surface area contributed by atoms with Gasteiger partial charge in [0.05, 0.1) is 10.9 Å². The van der Waals surface area contributed by atoms with Crippen LogP contribution in [0.3, 0.4) is 0 Å². The van der Waals surface area contributed by atoms with Gasteiger partial charge in [-0.05, 0) is 81.3 Å². The number of hydrogen-bond acceptors (Lipinski definition) is 4. The van der Waals surface area contributed by atoms with Gasteiger partial charge in [-0.25, -0.2) is 9.59 Å². The van der Waals surface area contributed by atoms with Gasteiger partial charge >= 0.3 is 11.7 Å². The highest BCUT2D eigenvalue weighted by molar-refractivity contribution is 5.95. The summed E-state index contributed by atoms with van der Waals surface area (Å²) in [6.07, 6.45) is 5.32. The zero-order chi connectivity index (χ0) is 27.7. The molecule has 1 unspecified atom stereocenters.